The summed E-state index contributed by atoms with van der Waals surface area (Å²) in [6, 6.07) is 4.19. The fourth-order valence-electron chi connectivity index (χ4n) is 3.22. The quantitative estimate of drug-likeness (QED) is 0.655. The van der Waals surface area contributed by atoms with Crippen LogP contribution in [0, 0.1) is 0 Å². The summed E-state index contributed by atoms with van der Waals surface area (Å²) in [5, 5.41) is 5.42. The van der Waals surface area contributed by atoms with Crippen LogP contribution in [0.15, 0.2) is 17.5 Å². The van der Waals surface area contributed by atoms with Gasteiger partial charge < -0.3 is 25.8 Å². The number of nitrogens with zero attached hydrogens (tertiary/aromatic N) is 6. The second-order valence-electron chi connectivity index (χ2n) is 7.07. The van der Waals surface area contributed by atoms with Gasteiger partial charge in [-0.25, -0.2) is 0 Å². The van der Waals surface area contributed by atoms with E-state index in [0.717, 1.165) is 32.5 Å². The number of nitrogens with one attached hydrogen (secondary N) is 1. The highest BCUT2D eigenvalue weighted by Gasteiger charge is 2.20. The maximum Gasteiger partial charge on any atom is 0.232 e. The van der Waals surface area contributed by atoms with Gasteiger partial charge in [0.05, 0.1) is 0 Å². The van der Waals surface area contributed by atoms with Crippen LogP contribution >= 0.6 is 11.3 Å². The van der Waals surface area contributed by atoms with E-state index >= 15 is 0 Å². The largest absolute Gasteiger partial charge is 0.354 e. The molecule has 1 fully saturated rings. The number of aromatic nitrogens is 3. The van der Waals surface area contributed by atoms with Crippen LogP contribution in [0.1, 0.15) is 18.2 Å². The van der Waals surface area contributed by atoms with E-state index in [1.807, 2.05) is 16.8 Å². The highest BCUT2D eigenvalue weighted by atomic mass is 32.1. The third kappa shape index (κ3) is 6.01. The first-order valence-electron chi connectivity index (χ1n) is 10.0. The SMILES string of the molecule is CC(=O)N1CCCN(c2nc(NCCc3cccs3)nc(N(C)CCN)n2)CC1. The molecule has 0 unspecified atom stereocenters. The minimum absolute atomic E-state index is 0.113. The molecule has 2 aromatic heterocycles. The summed E-state index contributed by atoms with van der Waals surface area (Å²) in [5.74, 6) is 1.93. The normalized spacial score (nSPS) is 14.6. The molecule has 1 amide bonds. The van der Waals surface area contributed by atoms with E-state index in [-0.39, 0.29) is 5.91 Å². The van der Waals surface area contributed by atoms with Crippen molar-refractivity contribution in [3.63, 3.8) is 0 Å². The average molecular weight is 419 g/mol. The first-order chi connectivity index (χ1) is 14.1. The van der Waals surface area contributed by atoms with Gasteiger partial charge in [-0.2, -0.15) is 15.0 Å². The van der Waals surface area contributed by atoms with Gasteiger partial charge in [-0.05, 0) is 24.3 Å². The summed E-state index contributed by atoms with van der Waals surface area (Å²) in [7, 11) is 1.93. The highest BCUT2D eigenvalue weighted by molar-refractivity contribution is 7.09. The predicted octanol–water partition coefficient (Wildman–Crippen LogP) is 1.04. The third-order valence-corrected chi connectivity index (χ3v) is 5.81. The molecule has 10 heteroatoms. The molecule has 0 saturated carbocycles. The van der Waals surface area contributed by atoms with Gasteiger partial charge in [0.15, 0.2) is 0 Å². The summed E-state index contributed by atoms with van der Waals surface area (Å²) in [4.78, 5) is 32.9. The molecule has 0 bridgehead atoms. The summed E-state index contributed by atoms with van der Waals surface area (Å²) in [6.07, 6.45) is 1.81. The average Bonchev–Trinajstić information content (AvgIpc) is 3.09. The van der Waals surface area contributed by atoms with Crippen molar-refractivity contribution >= 4 is 35.1 Å². The summed E-state index contributed by atoms with van der Waals surface area (Å²) in [6.45, 7) is 6.52. The maximum atomic E-state index is 11.7. The molecule has 0 aromatic carbocycles. The van der Waals surface area contributed by atoms with E-state index in [9.17, 15) is 4.79 Å². The number of rotatable bonds is 8. The highest BCUT2D eigenvalue weighted by Crippen LogP contribution is 2.18. The van der Waals surface area contributed by atoms with E-state index in [1.165, 1.54) is 4.88 Å². The number of hydrogen-bond donors (Lipinski definition) is 2. The Morgan fingerprint density at radius 1 is 1.28 bits per heavy atom. The molecule has 2 aromatic rings. The molecular weight excluding hydrogens is 388 g/mol. The Hall–Kier alpha value is -2.46. The number of hydrogen-bond acceptors (Lipinski definition) is 9. The van der Waals surface area contributed by atoms with Crippen molar-refractivity contribution in [3.05, 3.63) is 22.4 Å². The van der Waals surface area contributed by atoms with Crippen LogP contribution in [-0.4, -0.2) is 78.6 Å². The van der Waals surface area contributed by atoms with E-state index < -0.39 is 0 Å². The lowest BCUT2D eigenvalue weighted by atomic mass is 10.3. The second-order valence-corrected chi connectivity index (χ2v) is 8.10. The molecule has 3 rings (SSSR count). The number of thiophene rings is 1. The van der Waals surface area contributed by atoms with Gasteiger partial charge in [0.25, 0.3) is 0 Å². The molecule has 1 saturated heterocycles. The molecule has 0 atom stereocenters. The van der Waals surface area contributed by atoms with Crippen molar-refractivity contribution in [2.24, 2.45) is 5.73 Å². The Morgan fingerprint density at radius 3 is 2.86 bits per heavy atom. The molecule has 9 nitrogen and oxygen atoms in total. The monoisotopic (exact) mass is 418 g/mol. The number of nitrogens with two attached hydrogens (primary N) is 1. The van der Waals surface area contributed by atoms with Crippen LogP contribution in [0.4, 0.5) is 17.8 Å². The fourth-order valence-corrected chi connectivity index (χ4v) is 3.93. The smallest absolute Gasteiger partial charge is 0.232 e. The molecular formula is C19H30N8OS. The van der Waals surface area contributed by atoms with Gasteiger partial charge in [-0.1, -0.05) is 6.07 Å². The van der Waals surface area contributed by atoms with Crippen molar-refractivity contribution in [2.45, 2.75) is 19.8 Å². The molecule has 3 heterocycles. The number of carbonyl (C=O) groups excluding carboxylic acids is 1. The van der Waals surface area contributed by atoms with Crippen LogP contribution in [0.5, 0.6) is 0 Å². The van der Waals surface area contributed by atoms with Crippen LogP contribution in [0.2, 0.25) is 0 Å². The zero-order chi connectivity index (χ0) is 20.6. The fraction of sp³-hybridized carbons (Fsp3) is 0.579. The summed E-state index contributed by atoms with van der Waals surface area (Å²) >= 11 is 1.75. The topological polar surface area (TPSA) is 104 Å². The Balaban J connectivity index is 1.75. The molecule has 0 radical (unpaired) electrons. The van der Waals surface area contributed by atoms with Gasteiger partial charge in [0, 0.05) is 64.7 Å². The van der Waals surface area contributed by atoms with E-state index in [1.54, 1.807) is 18.3 Å². The zero-order valence-electron chi connectivity index (χ0n) is 17.2. The lowest BCUT2D eigenvalue weighted by Crippen LogP contribution is -2.35. The Labute approximate surface area is 175 Å². The number of carbonyl (C=O) groups is 1. The third-order valence-electron chi connectivity index (χ3n) is 4.88. The number of amides is 1. The molecule has 1 aliphatic rings. The standard InChI is InChI=1S/C19H30N8OS/c1-15(28)26-9-4-10-27(13-12-26)19-23-17(21-8-6-16-5-3-14-29-16)22-18(24-19)25(2)11-7-20/h3,5,14H,4,6-13,20H2,1-2H3,(H,21,22,23,24). The molecule has 1 aliphatic heterocycles. The van der Waals surface area contributed by atoms with Crippen molar-refractivity contribution in [2.75, 3.05) is 68.0 Å². The van der Waals surface area contributed by atoms with Crippen molar-refractivity contribution in [3.8, 4) is 0 Å². The zero-order valence-corrected chi connectivity index (χ0v) is 18.0. The molecule has 0 aliphatic carbocycles. The molecule has 29 heavy (non-hydrogen) atoms. The lowest BCUT2D eigenvalue weighted by molar-refractivity contribution is -0.128. The van der Waals surface area contributed by atoms with Crippen LogP contribution in [-0.2, 0) is 11.2 Å². The molecule has 158 valence electrons. The van der Waals surface area contributed by atoms with Gasteiger partial charge >= 0.3 is 0 Å². The van der Waals surface area contributed by atoms with Crippen LogP contribution < -0.4 is 20.9 Å². The van der Waals surface area contributed by atoms with E-state index in [4.69, 9.17) is 5.73 Å². The van der Waals surface area contributed by atoms with Crippen LogP contribution in [0.3, 0.4) is 0 Å². The first kappa shape index (κ1) is 21.3. The lowest BCUT2D eigenvalue weighted by Gasteiger charge is -2.24. The molecule has 0 spiro atoms. The first-order valence-corrected chi connectivity index (χ1v) is 10.9. The van der Waals surface area contributed by atoms with Gasteiger partial charge in [0.2, 0.25) is 23.8 Å². The van der Waals surface area contributed by atoms with E-state index in [0.29, 0.717) is 44.0 Å². The minimum atomic E-state index is 0.113. The van der Waals surface area contributed by atoms with Gasteiger partial charge in [0.1, 0.15) is 0 Å². The van der Waals surface area contributed by atoms with Crippen LogP contribution in [0.25, 0.3) is 0 Å². The number of anilines is 3. The number of likely N-dealkylation sites (N-methyl/N-ethyl adjacent to an activating group) is 1. The summed E-state index contributed by atoms with van der Waals surface area (Å²) < 4.78 is 0. The second kappa shape index (κ2) is 10.4. The van der Waals surface area contributed by atoms with E-state index in [2.05, 4.69) is 42.7 Å². The Morgan fingerprint density at radius 2 is 2.14 bits per heavy atom. The molecule has 3 N–H and O–H groups in total. The van der Waals surface area contributed by atoms with Crippen molar-refractivity contribution < 1.29 is 4.79 Å². The van der Waals surface area contributed by atoms with Crippen molar-refractivity contribution in [1.29, 1.82) is 0 Å². The Bertz CT molecular complexity index is 785. The van der Waals surface area contributed by atoms with Crippen molar-refractivity contribution in [1.82, 2.24) is 19.9 Å². The predicted molar refractivity (Wildman–Crippen MR) is 118 cm³/mol. The van der Waals surface area contributed by atoms with Gasteiger partial charge in [-0.15, -0.1) is 11.3 Å². The maximum absolute atomic E-state index is 11.7. The Kier molecular flexibility index (Phi) is 7.59. The summed E-state index contributed by atoms with van der Waals surface area (Å²) in [5.41, 5.74) is 5.71. The van der Waals surface area contributed by atoms with Gasteiger partial charge in [-0.3, -0.25) is 4.79 Å². The minimum Gasteiger partial charge on any atom is -0.354 e.